The average molecular weight is 316 g/mol. The van der Waals surface area contributed by atoms with Gasteiger partial charge in [0.2, 0.25) is 0 Å². The quantitative estimate of drug-likeness (QED) is 0.783. The Morgan fingerprint density at radius 2 is 1.94 bits per heavy atom. The van der Waals surface area contributed by atoms with Crippen molar-refractivity contribution in [1.29, 1.82) is 0 Å². The molecule has 3 nitrogen and oxygen atoms in total. The van der Waals surface area contributed by atoms with Gasteiger partial charge in [-0.1, -0.05) is 19.9 Å². The van der Waals surface area contributed by atoms with Crippen LogP contribution in [0.15, 0.2) is 16.6 Å². The predicted octanol–water partition coefficient (Wildman–Crippen LogP) is 3.25. The van der Waals surface area contributed by atoms with E-state index in [1.165, 1.54) is 5.56 Å². The second-order valence-electron chi connectivity index (χ2n) is 4.62. The highest BCUT2D eigenvalue weighted by atomic mass is 79.9. The van der Waals surface area contributed by atoms with E-state index in [1.807, 2.05) is 6.07 Å². The number of hydrogen-bond donors (Lipinski definition) is 1. The fourth-order valence-corrected chi connectivity index (χ4v) is 2.48. The Kier molecular flexibility index (Phi) is 6.50. The molecule has 0 fully saturated rings. The van der Waals surface area contributed by atoms with Gasteiger partial charge in [-0.15, -0.1) is 0 Å². The van der Waals surface area contributed by atoms with Crippen molar-refractivity contribution in [3.8, 4) is 11.5 Å². The molecular weight excluding hydrogens is 294 g/mol. The Morgan fingerprint density at radius 3 is 2.50 bits per heavy atom. The van der Waals surface area contributed by atoms with Crippen molar-refractivity contribution in [1.82, 2.24) is 5.32 Å². The first kappa shape index (κ1) is 15.3. The molecule has 0 saturated carbocycles. The molecule has 0 saturated heterocycles. The molecule has 1 rings (SSSR count). The van der Waals surface area contributed by atoms with E-state index in [4.69, 9.17) is 9.47 Å². The molecule has 4 heteroatoms. The van der Waals surface area contributed by atoms with Crippen LogP contribution >= 0.6 is 15.9 Å². The smallest absolute Gasteiger partial charge is 0.140 e. The molecule has 0 unspecified atom stereocenters. The van der Waals surface area contributed by atoms with Gasteiger partial charge in [0.25, 0.3) is 0 Å². The van der Waals surface area contributed by atoms with Crippen LogP contribution in [0.2, 0.25) is 0 Å². The molecule has 0 atom stereocenters. The Morgan fingerprint density at radius 1 is 1.22 bits per heavy atom. The zero-order chi connectivity index (χ0) is 13.5. The van der Waals surface area contributed by atoms with Crippen molar-refractivity contribution in [2.45, 2.75) is 20.3 Å². The second-order valence-corrected chi connectivity index (χ2v) is 5.42. The molecule has 0 aliphatic rings. The fourth-order valence-electron chi connectivity index (χ4n) is 1.77. The SMILES string of the molecule is COc1ccc(CCNCC(C)C)c(OC)c1Br. The Hall–Kier alpha value is -0.740. The number of hydrogen-bond acceptors (Lipinski definition) is 3. The summed E-state index contributed by atoms with van der Waals surface area (Å²) in [6, 6.07) is 4.02. The Labute approximate surface area is 118 Å². The zero-order valence-corrected chi connectivity index (χ0v) is 13.1. The van der Waals surface area contributed by atoms with Crippen molar-refractivity contribution < 1.29 is 9.47 Å². The van der Waals surface area contributed by atoms with E-state index in [0.29, 0.717) is 5.92 Å². The zero-order valence-electron chi connectivity index (χ0n) is 11.5. The lowest BCUT2D eigenvalue weighted by Crippen LogP contribution is -2.22. The summed E-state index contributed by atoms with van der Waals surface area (Å²) in [4.78, 5) is 0. The van der Waals surface area contributed by atoms with Gasteiger partial charge in [0.15, 0.2) is 0 Å². The van der Waals surface area contributed by atoms with Gasteiger partial charge in [0.1, 0.15) is 16.0 Å². The first-order valence-corrected chi connectivity index (χ1v) is 6.99. The number of benzene rings is 1. The molecule has 0 amide bonds. The van der Waals surface area contributed by atoms with Crippen molar-refractivity contribution in [3.63, 3.8) is 0 Å². The van der Waals surface area contributed by atoms with E-state index < -0.39 is 0 Å². The summed E-state index contributed by atoms with van der Waals surface area (Å²) in [7, 11) is 3.34. The number of halogens is 1. The van der Waals surface area contributed by atoms with Crippen LogP contribution in [-0.2, 0) is 6.42 Å². The highest BCUT2D eigenvalue weighted by Gasteiger charge is 2.12. The minimum atomic E-state index is 0.675. The van der Waals surface area contributed by atoms with Gasteiger partial charge in [-0.25, -0.2) is 0 Å². The minimum absolute atomic E-state index is 0.675. The van der Waals surface area contributed by atoms with Crippen molar-refractivity contribution in [3.05, 3.63) is 22.2 Å². The maximum absolute atomic E-state index is 5.44. The lowest BCUT2D eigenvalue weighted by atomic mass is 10.1. The van der Waals surface area contributed by atoms with Crippen molar-refractivity contribution >= 4 is 15.9 Å². The third kappa shape index (κ3) is 4.18. The van der Waals surface area contributed by atoms with E-state index in [2.05, 4.69) is 41.2 Å². The highest BCUT2D eigenvalue weighted by Crippen LogP contribution is 2.37. The van der Waals surface area contributed by atoms with Crippen LogP contribution in [0, 0.1) is 5.92 Å². The van der Waals surface area contributed by atoms with Crippen molar-refractivity contribution in [2.75, 3.05) is 27.3 Å². The molecule has 102 valence electrons. The van der Waals surface area contributed by atoms with Crippen LogP contribution in [0.3, 0.4) is 0 Å². The molecule has 0 aromatic heterocycles. The molecular formula is C14H22BrNO2. The van der Waals surface area contributed by atoms with E-state index in [0.717, 1.165) is 35.5 Å². The van der Waals surface area contributed by atoms with Crippen LogP contribution in [0.5, 0.6) is 11.5 Å². The molecule has 0 aliphatic heterocycles. The van der Waals surface area contributed by atoms with Gasteiger partial charge in [0.05, 0.1) is 14.2 Å². The minimum Gasteiger partial charge on any atom is -0.495 e. The maximum Gasteiger partial charge on any atom is 0.140 e. The molecule has 1 N–H and O–H groups in total. The van der Waals surface area contributed by atoms with Crippen LogP contribution in [0.25, 0.3) is 0 Å². The monoisotopic (exact) mass is 315 g/mol. The molecule has 18 heavy (non-hydrogen) atoms. The summed E-state index contributed by atoms with van der Waals surface area (Å²) in [5.41, 5.74) is 1.18. The average Bonchev–Trinajstić information content (AvgIpc) is 2.34. The summed E-state index contributed by atoms with van der Waals surface area (Å²) in [6.45, 7) is 6.40. The van der Waals surface area contributed by atoms with Gasteiger partial charge < -0.3 is 14.8 Å². The molecule has 1 aromatic carbocycles. The summed E-state index contributed by atoms with van der Waals surface area (Å²) in [5.74, 6) is 2.33. The lowest BCUT2D eigenvalue weighted by molar-refractivity contribution is 0.385. The summed E-state index contributed by atoms with van der Waals surface area (Å²) < 4.78 is 11.6. The topological polar surface area (TPSA) is 30.5 Å². The van der Waals surface area contributed by atoms with Gasteiger partial charge in [-0.2, -0.15) is 0 Å². The van der Waals surface area contributed by atoms with Gasteiger partial charge in [-0.05, 0) is 53.0 Å². The van der Waals surface area contributed by atoms with Gasteiger partial charge >= 0.3 is 0 Å². The molecule has 0 heterocycles. The number of methoxy groups -OCH3 is 2. The van der Waals surface area contributed by atoms with Crippen LogP contribution in [0.4, 0.5) is 0 Å². The van der Waals surface area contributed by atoms with E-state index >= 15 is 0 Å². The number of nitrogens with one attached hydrogen (secondary N) is 1. The van der Waals surface area contributed by atoms with Crippen LogP contribution < -0.4 is 14.8 Å². The molecule has 0 radical (unpaired) electrons. The third-order valence-corrected chi connectivity index (χ3v) is 3.44. The van der Waals surface area contributed by atoms with Gasteiger partial charge in [0, 0.05) is 0 Å². The predicted molar refractivity (Wildman–Crippen MR) is 78.7 cm³/mol. The molecule has 1 aromatic rings. The lowest BCUT2D eigenvalue weighted by Gasteiger charge is -2.14. The fraction of sp³-hybridized carbons (Fsp3) is 0.571. The van der Waals surface area contributed by atoms with E-state index in [1.54, 1.807) is 14.2 Å². The highest BCUT2D eigenvalue weighted by molar-refractivity contribution is 9.10. The van der Waals surface area contributed by atoms with Crippen LogP contribution in [0.1, 0.15) is 19.4 Å². The maximum atomic E-state index is 5.44. The second kappa shape index (κ2) is 7.64. The van der Waals surface area contributed by atoms with E-state index in [9.17, 15) is 0 Å². The summed E-state index contributed by atoms with van der Waals surface area (Å²) in [5, 5.41) is 3.43. The summed E-state index contributed by atoms with van der Waals surface area (Å²) in [6.07, 6.45) is 0.943. The Bertz CT molecular complexity index is 380. The first-order chi connectivity index (χ1) is 8.60. The molecule has 0 aliphatic carbocycles. The number of ether oxygens (including phenoxy) is 2. The van der Waals surface area contributed by atoms with Crippen molar-refractivity contribution in [2.24, 2.45) is 5.92 Å². The number of rotatable bonds is 7. The van der Waals surface area contributed by atoms with Crippen LogP contribution in [-0.4, -0.2) is 27.3 Å². The third-order valence-electron chi connectivity index (χ3n) is 2.69. The standard InChI is InChI=1S/C14H22BrNO2/c1-10(2)9-16-8-7-11-5-6-12(17-3)13(15)14(11)18-4/h5-6,10,16H,7-9H2,1-4H3. The van der Waals surface area contributed by atoms with E-state index in [-0.39, 0.29) is 0 Å². The molecule has 0 spiro atoms. The van der Waals surface area contributed by atoms with Gasteiger partial charge in [-0.3, -0.25) is 0 Å². The Balaban J connectivity index is 2.68. The molecule has 0 bridgehead atoms. The first-order valence-electron chi connectivity index (χ1n) is 6.20. The normalized spacial score (nSPS) is 10.8. The summed E-state index contributed by atoms with van der Waals surface area (Å²) >= 11 is 3.51. The largest absolute Gasteiger partial charge is 0.495 e.